The van der Waals surface area contributed by atoms with Gasteiger partial charge in [0.05, 0.1) is 26.7 Å². The molecule has 3 atom stereocenters. The Labute approximate surface area is 219 Å². The summed E-state index contributed by atoms with van der Waals surface area (Å²) in [4.78, 5) is 18.1. The first-order valence-electron chi connectivity index (χ1n) is 13.3. The van der Waals surface area contributed by atoms with Crippen molar-refractivity contribution < 1.29 is 23.4 Å². The van der Waals surface area contributed by atoms with Crippen molar-refractivity contribution in [3.8, 4) is 17.2 Å². The number of benzene rings is 2. The second-order valence-corrected chi connectivity index (χ2v) is 10.1. The highest BCUT2D eigenvalue weighted by atomic mass is 19.1. The number of rotatable bonds is 11. The van der Waals surface area contributed by atoms with Crippen LogP contribution in [0.4, 0.5) is 4.39 Å². The summed E-state index contributed by atoms with van der Waals surface area (Å²) >= 11 is 0. The zero-order chi connectivity index (χ0) is 26.2. The fraction of sp³-hybridized carbons (Fsp3) is 0.552. The first kappa shape index (κ1) is 27.2. The van der Waals surface area contributed by atoms with Gasteiger partial charge in [-0.2, -0.15) is 0 Å². The third-order valence-electron chi connectivity index (χ3n) is 7.54. The van der Waals surface area contributed by atoms with E-state index in [2.05, 4.69) is 22.0 Å². The molecule has 1 unspecified atom stereocenters. The van der Waals surface area contributed by atoms with Gasteiger partial charge in [0.25, 0.3) is 0 Å². The van der Waals surface area contributed by atoms with E-state index in [9.17, 15) is 9.18 Å². The Morgan fingerprint density at radius 2 is 1.95 bits per heavy atom. The van der Waals surface area contributed by atoms with Crippen LogP contribution in [0.3, 0.4) is 0 Å². The van der Waals surface area contributed by atoms with Crippen LogP contribution < -0.4 is 19.5 Å². The average Bonchev–Trinajstić information content (AvgIpc) is 3.38. The second-order valence-electron chi connectivity index (χ2n) is 10.1. The maximum atomic E-state index is 13.6. The van der Waals surface area contributed by atoms with Gasteiger partial charge in [0, 0.05) is 44.2 Å². The summed E-state index contributed by atoms with van der Waals surface area (Å²) in [5.74, 6) is 1.69. The Hall–Kier alpha value is -2.84. The van der Waals surface area contributed by atoms with E-state index in [-0.39, 0.29) is 23.6 Å². The van der Waals surface area contributed by atoms with Crippen LogP contribution in [-0.2, 0) is 11.3 Å². The number of nitrogens with one attached hydrogen (secondary N) is 1. The monoisotopic (exact) mass is 513 g/mol. The molecule has 0 aliphatic carbocycles. The Morgan fingerprint density at radius 3 is 2.70 bits per heavy atom. The molecule has 2 aliphatic heterocycles. The van der Waals surface area contributed by atoms with Crippen molar-refractivity contribution in [1.82, 2.24) is 15.1 Å². The average molecular weight is 514 g/mol. The van der Waals surface area contributed by atoms with Crippen LogP contribution in [0.2, 0.25) is 0 Å². The number of halogens is 1. The van der Waals surface area contributed by atoms with E-state index >= 15 is 0 Å². The quantitative estimate of drug-likeness (QED) is 0.491. The number of hydrogen-bond acceptors (Lipinski definition) is 6. The molecule has 2 aliphatic rings. The van der Waals surface area contributed by atoms with Crippen molar-refractivity contribution in [1.29, 1.82) is 0 Å². The minimum atomic E-state index is -0.318. The normalized spacial score (nSPS) is 22.5. The van der Waals surface area contributed by atoms with Gasteiger partial charge in [-0.15, -0.1) is 0 Å². The molecule has 2 saturated heterocycles. The molecule has 7 nitrogen and oxygen atoms in total. The smallest absolute Gasteiger partial charge is 0.224 e. The maximum Gasteiger partial charge on any atom is 0.224 e. The van der Waals surface area contributed by atoms with Gasteiger partial charge in [-0.05, 0) is 62.2 Å². The summed E-state index contributed by atoms with van der Waals surface area (Å²) in [6.07, 6.45) is 3.07. The third kappa shape index (κ3) is 7.36. The molecule has 0 radical (unpaired) electrons. The number of nitrogens with zero attached hydrogens (tertiary/aromatic N) is 2. The SMILES string of the molecule is CCN1CCCC1CNC(=O)[C@@H]1C[C@H](COc2cccc(F)c2)CN(Cc2ccc(OC)c(OC)c2)C1. The van der Waals surface area contributed by atoms with E-state index in [1.807, 2.05) is 18.2 Å². The van der Waals surface area contributed by atoms with Crippen LogP contribution in [0, 0.1) is 17.7 Å². The Balaban J connectivity index is 1.42. The van der Waals surface area contributed by atoms with Crippen molar-refractivity contribution in [2.45, 2.75) is 38.8 Å². The highest BCUT2D eigenvalue weighted by Gasteiger charge is 2.33. The van der Waals surface area contributed by atoms with E-state index in [4.69, 9.17) is 14.2 Å². The summed E-state index contributed by atoms with van der Waals surface area (Å²) in [5, 5.41) is 3.24. The number of likely N-dealkylation sites (N-methyl/N-ethyl adjacent to an activating group) is 1. The van der Waals surface area contributed by atoms with Crippen LogP contribution in [0.1, 0.15) is 31.7 Å². The highest BCUT2D eigenvalue weighted by molar-refractivity contribution is 5.79. The molecule has 1 N–H and O–H groups in total. The van der Waals surface area contributed by atoms with E-state index in [0.29, 0.717) is 49.5 Å². The molecule has 1 amide bonds. The molecular formula is C29H40FN3O4. The van der Waals surface area contributed by atoms with Crippen LogP contribution >= 0.6 is 0 Å². The molecule has 0 spiro atoms. The zero-order valence-electron chi connectivity index (χ0n) is 22.2. The lowest BCUT2D eigenvalue weighted by molar-refractivity contribution is -0.128. The van der Waals surface area contributed by atoms with Crippen LogP contribution in [0.25, 0.3) is 0 Å². The lowest BCUT2D eigenvalue weighted by atomic mass is 9.88. The summed E-state index contributed by atoms with van der Waals surface area (Å²) in [6.45, 7) is 7.59. The van der Waals surface area contributed by atoms with Crippen molar-refractivity contribution in [2.75, 3.05) is 53.6 Å². The van der Waals surface area contributed by atoms with Crippen molar-refractivity contribution >= 4 is 5.91 Å². The van der Waals surface area contributed by atoms with E-state index in [1.165, 1.54) is 18.6 Å². The molecule has 8 heteroatoms. The molecule has 4 rings (SSSR count). The number of methoxy groups -OCH3 is 2. The first-order valence-corrected chi connectivity index (χ1v) is 13.3. The number of likely N-dealkylation sites (tertiary alicyclic amines) is 2. The fourth-order valence-electron chi connectivity index (χ4n) is 5.66. The number of ether oxygens (including phenoxy) is 3. The van der Waals surface area contributed by atoms with E-state index in [0.717, 1.165) is 38.0 Å². The number of amides is 1. The minimum absolute atomic E-state index is 0.107. The molecule has 2 fully saturated rings. The van der Waals surface area contributed by atoms with Crippen LogP contribution in [0.15, 0.2) is 42.5 Å². The molecule has 2 aromatic rings. The maximum absolute atomic E-state index is 13.6. The Morgan fingerprint density at radius 1 is 1.11 bits per heavy atom. The predicted molar refractivity (Wildman–Crippen MR) is 142 cm³/mol. The number of hydrogen-bond donors (Lipinski definition) is 1. The Bertz CT molecular complexity index is 1040. The van der Waals surface area contributed by atoms with E-state index in [1.54, 1.807) is 26.4 Å². The summed E-state index contributed by atoms with van der Waals surface area (Å²) in [6, 6.07) is 12.6. The molecule has 0 bridgehead atoms. The fourth-order valence-corrected chi connectivity index (χ4v) is 5.66. The predicted octanol–water partition coefficient (Wildman–Crippen LogP) is 3.96. The van der Waals surface area contributed by atoms with Gasteiger partial charge in [0.2, 0.25) is 5.91 Å². The lowest BCUT2D eigenvalue weighted by Crippen LogP contribution is -2.49. The van der Waals surface area contributed by atoms with E-state index < -0.39 is 0 Å². The van der Waals surface area contributed by atoms with Crippen molar-refractivity contribution in [2.24, 2.45) is 11.8 Å². The lowest BCUT2D eigenvalue weighted by Gasteiger charge is -2.37. The highest BCUT2D eigenvalue weighted by Crippen LogP contribution is 2.30. The van der Waals surface area contributed by atoms with Gasteiger partial charge in [0.1, 0.15) is 11.6 Å². The number of carbonyl (C=O) groups excluding carboxylic acids is 1. The molecule has 2 heterocycles. The van der Waals surface area contributed by atoms with Gasteiger partial charge in [-0.3, -0.25) is 14.6 Å². The van der Waals surface area contributed by atoms with Gasteiger partial charge in [-0.1, -0.05) is 19.1 Å². The van der Waals surface area contributed by atoms with Crippen molar-refractivity contribution in [3.63, 3.8) is 0 Å². The number of carbonyl (C=O) groups is 1. The topological polar surface area (TPSA) is 63.3 Å². The first-order chi connectivity index (χ1) is 18.0. The van der Waals surface area contributed by atoms with Gasteiger partial charge in [0.15, 0.2) is 11.5 Å². The second kappa shape index (κ2) is 13.1. The largest absolute Gasteiger partial charge is 0.493 e. The standard InChI is InChI=1S/C29H40FN3O4/c1-4-33-12-6-8-25(33)16-31-29(34)23-13-22(20-37-26-9-5-7-24(30)15-26)18-32(19-23)17-21-10-11-27(35-2)28(14-21)36-3/h5,7,9-11,14-15,22-23,25H,4,6,8,12-13,16-20H2,1-3H3,(H,31,34)/t22-,23+,25?/m0/s1. The molecule has 202 valence electrons. The van der Waals surface area contributed by atoms with Crippen LogP contribution in [0.5, 0.6) is 17.2 Å². The zero-order valence-corrected chi connectivity index (χ0v) is 22.2. The molecular weight excluding hydrogens is 473 g/mol. The van der Waals surface area contributed by atoms with Gasteiger partial charge < -0.3 is 19.5 Å². The van der Waals surface area contributed by atoms with Crippen LogP contribution in [-0.4, -0.2) is 75.3 Å². The van der Waals surface area contributed by atoms with Gasteiger partial charge in [-0.25, -0.2) is 4.39 Å². The minimum Gasteiger partial charge on any atom is -0.493 e. The van der Waals surface area contributed by atoms with Gasteiger partial charge >= 0.3 is 0 Å². The third-order valence-corrected chi connectivity index (χ3v) is 7.54. The summed E-state index contributed by atoms with van der Waals surface area (Å²) in [7, 11) is 3.26. The molecule has 37 heavy (non-hydrogen) atoms. The Kier molecular flexibility index (Phi) is 9.63. The summed E-state index contributed by atoms with van der Waals surface area (Å²) < 4.78 is 30.4. The molecule has 2 aromatic carbocycles. The molecule has 0 aromatic heterocycles. The molecule has 0 saturated carbocycles. The van der Waals surface area contributed by atoms with Crippen molar-refractivity contribution in [3.05, 3.63) is 53.8 Å². The summed E-state index contributed by atoms with van der Waals surface area (Å²) in [5.41, 5.74) is 1.09. The number of piperidine rings is 1.